The summed E-state index contributed by atoms with van der Waals surface area (Å²) in [5, 5.41) is 9.45. The van der Waals surface area contributed by atoms with Gasteiger partial charge in [-0.15, -0.1) is 5.10 Å². The number of benzene rings is 2. The lowest BCUT2D eigenvalue weighted by Gasteiger charge is -2.20. The maximum Gasteiger partial charge on any atom is 0.226 e. The van der Waals surface area contributed by atoms with Crippen LogP contribution in [0.4, 0.5) is 5.95 Å². The Balaban J connectivity index is 1.70. The van der Waals surface area contributed by atoms with Crippen molar-refractivity contribution in [2.75, 3.05) is 39.7 Å². The van der Waals surface area contributed by atoms with Gasteiger partial charge < -0.3 is 14.8 Å². The van der Waals surface area contributed by atoms with Crippen LogP contribution in [0, 0.1) is 0 Å². The first-order chi connectivity index (χ1) is 15.1. The van der Waals surface area contributed by atoms with Crippen molar-refractivity contribution >= 4 is 34.1 Å². The molecule has 4 aromatic rings. The van der Waals surface area contributed by atoms with Crippen LogP contribution in [0.3, 0.4) is 0 Å². The molecule has 0 saturated heterocycles. The number of nitrogens with zero attached hydrogens (tertiary/aromatic N) is 5. The van der Waals surface area contributed by atoms with Crippen molar-refractivity contribution in [3.05, 3.63) is 58.9 Å². The van der Waals surface area contributed by atoms with E-state index in [9.17, 15) is 0 Å². The van der Waals surface area contributed by atoms with Gasteiger partial charge in [0.05, 0.1) is 20.3 Å². The first kappa shape index (κ1) is 21.3. The highest BCUT2D eigenvalue weighted by molar-refractivity contribution is 6.30. The van der Waals surface area contributed by atoms with Gasteiger partial charge in [0.25, 0.3) is 0 Å². The second-order valence-corrected chi connectivity index (χ2v) is 7.57. The van der Waals surface area contributed by atoms with Crippen LogP contribution in [0.15, 0.2) is 42.5 Å². The molecule has 0 spiro atoms. The number of hydrogen-bond donors (Lipinski definition) is 1. The Hall–Kier alpha value is -2.94. The fourth-order valence-electron chi connectivity index (χ4n) is 3.52. The van der Waals surface area contributed by atoms with Crippen LogP contribution in [0.1, 0.15) is 11.4 Å². The van der Waals surface area contributed by atoms with E-state index < -0.39 is 0 Å². The van der Waals surface area contributed by atoms with Gasteiger partial charge in [0.15, 0.2) is 11.5 Å². The van der Waals surface area contributed by atoms with Crippen molar-refractivity contribution in [1.82, 2.24) is 24.5 Å². The smallest absolute Gasteiger partial charge is 0.226 e. The summed E-state index contributed by atoms with van der Waals surface area (Å²) < 4.78 is 12.5. The van der Waals surface area contributed by atoms with Gasteiger partial charge in [0, 0.05) is 37.7 Å². The molecule has 0 aliphatic rings. The Kier molecular flexibility index (Phi) is 6.50. The van der Waals surface area contributed by atoms with Crippen molar-refractivity contribution < 1.29 is 9.47 Å². The zero-order valence-electron chi connectivity index (χ0n) is 17.8. The van der Waals surface area contributed by atoms with E-state index in [4.69, 9.17) is 31.2 Å². The summed E-state index contributed by atoms with van der Waals surface area (Å²) >= 11 is 6.03. The Morgan fingerprint density at radius 3 is 2.58 bits per heavy atom. The SMILES string of the molecule is CNc1nc2c(OC)cccc2c2nc(CN(CCOC)Cc3ccc(Cl)cc3)nn12. The number of fused-ring (bicyclic) bond motifs is 3. The molecule has 0 amide bonds. The zero-order chi connectivity index (χ0) is 21.8. The summed E-state index contributed by atoms with van der Waals surface area (Å²) in [6.45, 7) is 2.68. The van der Waals surface area contributed by atoms with Gasteiger partial charge >= 0.3 is 0 Å². The first-order valence-corrected chi connectivity index (χ1v) is 10.4. The number of ether oxygens (including phenoxy) is 2. The summed E-state index contributed by atoms with van der Waals surface area (Å²) in [4.78, 5) is 11.8. The van der Waals surface area contributed by atoms with Gasteiger partial charge in [-0.1, -0.05) is 29.8 Å². The topological polar surface area (TPSA) is 76.8 Å². The second-order valence-electron chi connectivity index (χ2n) is 7.14. The molecule has 0 atom stereocenters. The van der Waals surface area contributed by atoms with E-state index in [2.05, 4.69) is 15.2 Å². The minimum atomic E-state index is 0.572. The van der Waals surface area contributed by atoms with Crippen molar-refractivity contribution in [1.29, 1.82) is 0 Å². The number of anilines is 1. The molecule has 2 aromatic heterocycles. The van der Waals surface area contributed by atoms with Crippen LogP contribution in [0.2, 0.25) is 5.02 Å². The minimum absolute atomic E-state index is 0.572. The molecular weight excluding hydrogens is 416 g/mol. The molecule has 2 heterocycles. The molecular formula is C22H25ClN6O2. The highest BCUT2D eigenvalue weighted by Crippen LogP contribution is 2.28. The van der Waals surface area contributed by atoms with Crippen molar-refractivity contribution in [2.24, 2.45) is 0 Å². The number of methoxy groups -OCH3 is 2. The number of halogens is 1. The molecule has 0 radical (unpaired) electrons. The fraction of sp³-hybridized carbons (Fsp3) is 0.318. The Bertz CT molecular complexity index is 1180. The van der Waals surface area contributed by atoms with E-state index in [1.54, 1.807) is 18.7 Å². The summed E-state index contributed by atoms with van der Waals surface area (Å²) in [6.07, 6.45) is 0. The van der Waals surface area contributed by atoms with Crippen LogP contribution in [-0.4, -0.2) is 58.9 Å². The van der Waals surface area contributed by atoms with E-state index >= 15 is 0 Å². The van der Waals surface area contributed by atoms with E-state index in [-0.39, 0.29) is 0 Å². The van der Waals surface area contributed by atoms with Crippen LogP contribution in [-0.2, 0) is 17.8 Å². The monoisotopic (exact) mass is 440 g/mol. The third-order valence-corrected chi connectivity index (χ3v) is 5.30. The highest BCUT2D eigenvalue weighted by Gasteiger charge is 2.17. The summed E-state index contributed by atoms with van der Waals surface area (Å²) in [5.41, 5.74) is 2.65. The van der Waals surface area contributed by atoms with Crippen LogP contribution < -0.4 is 10.1 Å². The standard InChI is InChI=1S/C22H25ClN6O2/c1-24-22-26-20-17(5-4-6-18(20)31-3)21-25-19(27-29(21)22)14-28(11-12-30-2)13-15-7-9-16(23)10-8-15/h4-10H,11-14H2,1-3H3,(H,24,26). The molecule has 0 bridgehead atoms. The van der Waals surface area contributed by atoms with Crippen molar-refractivity contribution in [3.8, 4) is 5.75 Å². The predicted molar refractivity (Wildman–Crippen MR) is 122 cm³/mol. The average molecular weight is 441 g/mol. The largest absolute Gasteiger partial charge is 0.494 e. The van der Waals surface area contributed by atoms with Crippen molar-refractivity contribution in [2.45, 2.75) is 13.1 Å². The normalized spacial score (nSPS) is 11.5. The van der Waals surface area contributed by atoms with Gasteiger partial charge in [-0.05, 0) is 29.8 Å². The number of aromatic nitrogens is 4. The van der Waals surface area contributed by atoms with Gasteiger partial charge in [0.1, 0.15) is 11.3 Å². The maximum atomic E-state index is 6.03. The van der Waals surface area contributed by atoms with Gasteiger partial charge in [-0.3, -0.25) is 4.90 Å². The molecule has 0 fully saturated rings. The Morgan fingerprint density at radius 2 is 1.87 bits per heavy atom. The van der Waals surface area contributed by atoms with E-state index in [1.807, 2.05) is 49.5 Å². The third-order valence-electron chi connectivity index (χ3n) is 5.05. The number of rotatable bonds is 9. The quantitative estimate of drug-likeness (QED) is 0.426. The van der Waals surface area contributed by atoms with Gasteiger partial charge in [-0.25, -0.2) is 9.97 Å². The molecule has 2 aromatic carbocycles. The summed E-state index contributed by atoms with van der Waals surface area (Å²) in [5.74, 6) is 2.01. The van der Waals surface area contributed by atoms with E-state index in [0.717, 1.165) is 40.2 Å². The third kappa shape index (κ3) is 4.56. The maximum absolute atomic E-state index is 6.03. The lowest BCUT2D eigenvalue weighted by molar-refractivity contribution is 0.138. The Morgan fingerprint density at radius 1 is 1.06 bits per heavy atom. The second kappa shape index (κ2) is 9.47. The van der Waals surface area contributed by atoms with Crippen LogP contribution in [0.5, 0.6) is 5.75 Å². The lowest BCUT2D eigenvalue weighted by Crippen LogP contribution is -2.27. The molecule has 1 N–H and O–H groups in total. The molecule has 31 heavy (non-hydrogen) atoms. The molecule has 8 nitrogen and oxygen atoms in total. The Labute approximate surface area is 185 Å². The predicted octanol–water partition coefficient (Wildman–Crippen LogP) is 3.63. The summed E-state index contributed by atoms with van der Waals surface area (Å²) in [7, 11) is 5.16. The van der Waals surface area contributed by atoms with E-state index in [0.29, 0.717) is 30.7 Å². The lowest BCUT2D eigenvalue weighted by atomic mass is 10.2. The molecule has 4 rings (SSSR count). The highest BCUT2D eigenvalue weighted by atomic mass is 35.5. The van der Waals surface area contributed by atoms with Crippen LogP contribution in [0.25, 0.3) is 16.6 Å². The van der Waals surface area contributed by atoms with Gasteiger partial charge in [-0.2, -0.15) is 4.52 Å². The molecule has 162 valence electrons. The molecule has 0 unspecified atom stereocenters. The number of hydrogen-bond acceptors (Lipinski definition) is 7. The van der Waals surface area contributed by atoms with E-state index in [1.165, 1.54) is 0 Å². The number of para-hydroxylation sites is 1. The molecule has 0 saturated carbocycles. The first-order valence-electron chi connectivity index (χ1n) is 9.98. The molecule has 0 aliphatic carbocycles. The van der Waals surface area contributed by atoms with Gasteiger partial charge in [0.2, 0.25) is 5.95 Å². The average Bonchev–Trinajstić information content (AvgIpc) is 3.21. The molecule has 0 aliphatic heterocycles. The fourth-order valence-corrected chi connectivity index (χ4v) is 3.65. The zero-order valence-corrected chi connectivity index (χ0v) is 18.6. The number of nitrogens with one attached hydrogen (secondary N) is 1. The van der Waals surface area contributed by atoms with Crippen LogP contribution >= 0.6 is 11.6 Å². The van der Waals surface area contributed by atoms with Crippen molar-refractivity contribution in [3.63, 3.8) is 0 Å². The molecule has 9 heteroatoms. The minimum Gasteiger partial charge on any atom is -0.494 e. The summed E-state index contributed by atoms with van der Waals surface area (Å²) in [6, 6.07) is 13.7.